The molecular weight excluding hydrogens is 252 g/mol. The van der Waals surface area contributed by atoms with Crippen molar-refractivity contribution in [3.8, 4) is 5.75 Å². The average molecular weight is 278 g/mol. The Morgan fingerprint density at radius 1 is 1.30 bits per heavy atom. The van der Waals surface area contributed by atoms with Crippen LogP contribution in [0.4, 0.5) is 0 Å². The maximum atomic E-state index is 5.65. The van der Waals surface area contributed by atoms with Gasteiger partial charge in [-0.15, -0.1) is 0 Å². The number of para-hydroxylation sites is 1. The van der Waals surface area contributed by atoms with Gasteiger partial charge in [0.15, 0.2) is 0 Å². The molecule has 0 spiro atoms. The number of rotatable bonds is 7. The summed E-state index contributed by atoms with van der Waals surface area (Å²) in [5.41, 5.74) is 1.23. The van der Waals surface area contributed by atoms with Crippen LogP contribution in [-0.4, -0.2) is 50.4 Å². The van der Waals surface area contributed by atoms with Crippen molar-refractivity contribution in [2.24, 2.45) is 0 Å². The number of nitrogens with zero attached hydrogens (tertiary/aromatic N) is 1. The second kappa shape index (κ2) is 8.25. The molecule has 1 atom stereocenters. The molecule has 0 radical (unpaired) electrons. The minimum Gasteiger partial charge on any atom is -0.494 e. The number of nitrogens with one attached hydrogen (secondary N) is 1. The summed E-state index contributed by atoms with van der Waals surface area (Å²) >= 11 is 0. The van der Waals surface area contributed by atoms with E-state index in [1.807, 2.05) is 19.1 Å². The predicted octanol–water partition coefficient (Wildman–Crippen LogP) is 1.90. The van der Waals surface area contributed by atoms with Crippen molar-refractivity contribution >= 4 is 0 Å². The van der Waals surface area contributed by atoms with E-state index in [0.29, 0.717) is 12.6 Å². The van der Waals surface area contributed by atoms with Gasteiger partial charge in [0.1, 0.15) is 5.75 Å². The van der Waals surface area contributed by atoms with E-state index in [9.17, 15) is 0 Å². The lowest BCUT2D eigenvalue weighted by Crippen LogP contribution is -2.44. The molecule has 1 aromatic rings. The number of hydrogen-bond donors (Lipinski definition) is 1. The van der Waals surface area contributed by atoms with E-state index in [0.717, 1.165) is 45.1 Å². The molecule has 0 aromatic heterocycles. The van der Waals surface area contributed by atoms with E-state index in [1.165, 1.54) is 5.56 Å². The monoisotopic (exact) mass is 278 g/mol. The molecule has 1 aliphatic rings. The van der Waals surface area contributed by atoms with Gasteiger partial charge in [0.25, 0.3) is 0 Å². The lowest BCUT2D eigenvalue weighted by atomic mass is 10.2. The van der Waals surface area contributed by atoms with Crippen molar-refractivity contribution in [2.45, 2.75) is 26.4 Å². The third-order valence-electron chi connectivity index (χ3n) is 3.55. The Hall–Kier alpha value is -1.10. The molecular formula is C16H26N2O2. The van der Waals surface area contributed by atoms with Crippen molar-refractivity contribution in [1.29, 1.82) is 0 Å². The summed E-state index contributed by atoms with van der Waals surface area (Å²) < 4.78 is 11.0. The van der Waals surface area contributed by atoms with Crippen LogP contribution in [0.5, 0.6) is 5.75 Å². The van der Waals surface area contributed by atoms with Crippen molar-refractivity contribution in [3.63, 3.8) is 0 Å². The molecule has 0 saturated carbocycles. The Bertz CT molecular complexity index is 392. The van der Waals surface area contributed by atoms with Crippen LogP contribution in [0.1, 0.15) is 19.4 Å². The number of hydrogen-bond acceptors (Lipinski definition) is 4. The molecule has 1 heterocycles. The zero-order valence-electron chi connectivity index (χ0n) is 12.6. The Morgan fingerprint density at radius 3 is 2.80 bits per heavy atom. The number of benzene rings is 1. The molecule has 0 amide bonds. The van der Waals surface area contributed by atoms with Gasteiger partial charge in [-0.3, -0.25) is 4.90 Å². The fourth-order valence-electron chi connectivity index (χ4n) is 2.47. The molecule has 0 aliphatic carbocycles. The third kappa shape index (κ3) is 4.78. The van der Waals surface area contributed by atoms with E-state index >= 15 is 0 Å². The van der Waals surface area contributed by atoms with Crippen molar-refractivity contribution in [2.75, 3.05) is 39.5 Å². The van der Waals surface area contributed by atoms with Gasteiger partial charge >= 0.3 is 0 Å². The molecule has 0 bridgehead atoms. The summed E-state index contributed by atoms with van der Waals surface area (Å²) in [5, 5.41) is 3.58. The third-order valence-corrected chi connectivity index (χ3v) is 3.55. The summed E-state index contributed by atoms with van der Waals surface area (Å²) in [4.78, 5) is 2.45. The van der Waals surface area contributed by atoms with Gasteiger partial charge in [-0.2, -0.15) is 0 Å². The SMILES string of the molecule is CCOc1ccccc1CNC(C)CN1CCOCC1. The van der Waals surface area contributed by atoms with Gasteiger partial charge in [-0.05, 0) is 19.9 Å². The second-order valence-corrected chi connectivity index (χ2v) is 5.24. The molecule has 1 saturated heterocycles. The first kappa shape index (κ1) is 15.3. The van der Waals surface area contributed by atoms with Gasteiger partial charge in [-0.1, -0.05) is 18.2 Å². The molecule has 20 heavy (non-hydrogen) atoms. The van der Waals surface area contributed by atoms with E-state index in [2.05, 4.69) is 29.3 Å². The molecule has 1 N–H and O–H groups in total. The maximum Gasteiger partial charge on any atom is 0.123 e. The highest BCUT2D eigenvalue weighted by molar-refractivity contribution is 5.33. The first-order valence-electron chi connectivity index (χ1n) is 7.53. The molecule has 112 valence electrons. The highest BCUT2D eigenvalue weighted by atomic mass is 16.5. The number of ether oxygens (including phenoxy) is 2. The minimum absolute atomic E-state index is 0.461. The van der Waals surface area contributed by atoms with Crippen molar-refractivity contribution < 1.29 is 9.47 Å². The standard InChI is InChI=1S/C16H26N2O2/c1-3-20-16-7-5-4-6-15(16)12-17-14(2)13-18-8-10-19-11-9-18/h4-7,14,17H,3,8-13H2,1-2H3. The number of morpholine rings is 1. The average Bonchev–Trinajstić information content (AvgIpc) is 2.48. The van der Waals surface area contributed by atoms with Crippen LogP contribution >= 0.6 is 0 Å². The van der Waals surface area contributed by atoms with Gasteiger partial charge in [0.2, 0.25) is 0 Å². The van der Waals surface area contributed by atoms with Gasteiger partial charge in [0, 0.05) is 37.8 Å². The molecule has 4 nitrogen and oxygen atoms in total. The molecule has 4 heteroatoms. The van der Waals surface area contributed by atoms with Crippen LogP contribution in [0.3, 0.4) is 0 Å². The summed E-state index contributed by atoms with van der Waals surface area (Å²) in [6.45, 7) is 10.7. The van der Waals surface area contributed by atoms with Crippen LogP contribution in [0.15, 0.2) is 24.3 Å². The molecule has 2 rings (SSSR count). The van der Waals surface area contributed by atoms with Crippen molar-refractivity contribution in [1.82, 2.24) is 10.2 Å². The summed E-state index contributed by atoms with van der Waals surface area (Å²) in [7, 11) is 0. The van der Waals surface area contributed by atoms with Gasteiger partial charge in [0.05, 0.1) is 19.8 Å². The Balaban J connectivity index is 1.78. The normalized spacial score (nSPS) is 17.9. The predicted molar refractivity (Wildman–Crippen MR) is 81.2 cm³/mol. The summed E-state index contributed by atoms with van der Waals surface area (Å²) in [6.07, 6.45) is 0. The lowest BCUT2D eigenvalue weighted by molar-refractivity contribution is 0.0343. The minimum atomic E-state index is 0.461. The maximum absolute atomic E-state index is 5.65. The lowest BCUT2D eigenvalue weighted by Gasteiger charge is -2.29. The van der Waals surface area contributed by atoms with Crippen LogP contribution in [0.25, 0.3) is 0 Å². The largest absolute Gasteiger partial charge is 0.494 e. The fraction of sp³-hybridized carbons (Fsp3) is 0.625. The molecule has 1 aromatic carbocycles. The van der Waals surface area contributed by atoms with E-state index in [1.54, 1.807) is 0 Å². The van der Waals surface area contributed by atoms with Gasteiger partial charge < -0.3 is 14.8 Å². The smallest absolute Gasteiger partial charge is 0.123 e. The van der Waals surface area contributed by atoms with Crippen LogP contribution < -0.4 is 10.1 Å². The van der Waals surface area contributed by atoms with Crippen LogP contribution in [0.2, 0.25) is 0 Å². The van der Waals surface area contributed by atoms with Crippen LogP contribution in [-0.2, 0) is 11.3 Å². The fourth-order valence-corrected chi connectivity index (χ4v) is 2.47. The first-order chi connectivity index (χ1) is 9.79. The van der Waals surface area contributed by atoms with E-state index < -0.39 is 0 Å². The second-order valence-electron chi connectivity index (χ2n) is 5.24. The zero-order valence-corrected chi connectivity index (χ0v) is 12.6. The summed E-state index contributed by atoms with van der Waals surface area (Å²) in [6, 6.07) is 8.70. The topological polar surface area (TPSA) is 33.7 Å². The zero-order chi connectivity index (χ0) is 14.2. The van der Waals surface area contributed by atoms with E-state index in [4.69, 9.17) is 9.47 Å². The Labute approximate surface area is 122 Å². The molecule has 1 fully saturated rings. The first-order valence-corrected chi connectivity index (χ1v) is 7.53. The molecule has 1 aliphatic heterocycles. The summed E-state index contributed by atoms with van der Waals surface area (Å²) in [5.74, 6) is 0.987. The Morgan fingerprint density at radius 2 is 2.05 bits per heavy atom. The van der Waals surface area contributed by atoms with Crippen LogP contribution in [0, 0.1) is 0 Å². The highest BCUT2D eigenvalue weighted by Gasteiger charge is 2.13. The Kier molecular flexibility index (Phi) is 6.30. The molecule has 1 unspecified atom stereocenters. The highest BCUT2D eigenvalue weighted by Crippen LogP contribution is 2.17. The quantitative estimate of drug-likeness (QED) is 0.826. The van der Waals surface area contributed by atoms with Crippen molar-refractivity contribution in [3.05, 3.63) is 29.8 Å². The van der Waals surface area contributed by atoms with Gasteiger partial charge in [-0.25, -0.2) is 0 Å². The van der Waals surface area contributed by atoms with E-state index in [-0.39, 0.29) is 0 Å².